The average Bonchev–Trinajstić information content (AvgIpc) is 2.37. The van der Waals surface area contributed by atoms with Crippen molar-refractivity contribution in [2.75, 3.05) is 26.2 Å². The summed E-state index contributed by atoms with van der Waals surface area (Å²) in [6.45, 7) is 7.97. The lowest BCUT2D eigenvalue weighted by Gasteiger charge is -2.18. The minimum Gasteiger partial charge on any atom is -0.485 e. The zero-order valence-corrected chi connectivity index (χ0v) is 12.6. The lowest BCUT2D eigenvalue weighted by atomic mass is 10.2. The highest BCUT2D eigenvalue weighted by atomic mass is 35.5. The second-order valence-corrected chi connectivity index (χ2v) is 4.94. The maximum absolute atomic E-state index is 5.83. The van der Waals surface area contributed by atoms with Gasteiger partial charge in [-0.05, 0) is 43.0 Å². The van der Waals surface area contributed by atoms with Gasteiger partial charge in [0.15, 0.2) is 5.05 Å². The highest BCUT2D eigenvalue weighted by Crippen LogP contribution is 2.10. The summed E-state index contributed by atoms with van der Waals surface area (Å²) in [6.07, 6.45) is 0.671. The van der Waals surface area contributed by atoms with Crippen LogP contribution in [0.4, 0.5) is 0 Å². The number of benzene rings is 1. The standard InChI is InChI=1S/C14H20ClNOS/c1-3-16(4-2)9-10-17-14(18)11-12-5-7-13(15)8-6-12/h5-8H,3-4,9-11H2,1-2H3. The maximum Gasteiger partial charge on any atom is 0.164 e. The smallest absolute Gasteiger partial charge is 0.164 e. The van der Waals surface area contributed by atoms with Gasteiger partial charge in [0.05, 0.1) is 0 Å². The van der Waals surface area contributed by atoms with Gasteiger partial charge < -0.3 is 9.64 Å². The van der Waals surface area contributed by atoms with Crippen LogP contribution < -0.4 is 0 Å². The van der Waals surface area contributed by atoms with E-state index in [4.69, 9.17) is 28.6 Å². The molecule has 1 aromatic rings. The molecule has 1 aromatic carbocycles. The SMILES string of the molecule is CCN(CC)CCOC(=S)Cc1ccc(Cl)cc1. The summed E-state index contributed by atoms with van der Waals surface area (Å²) in [5, 5.41) is 1.39. The molecule has 0 aliphatic rings. The van der Waals surface area contributed by atoms with Crippen LogP contribution in [-0.2, 0) is 11.2 Å². The van der Waals surface area contributed by atoms with E-state index in [2.05, 4.69) is 18.7 Å². The Bertz CT molecular complexity index is 363. The summed E-state index contributed by atoms with van der Waals surface area (Å²) in [5.41, 5.74) is 1.13. The quantitative estimate of drug-likeness (QED) is 0.711. The Morgan fingerprint density at radius 3 is 2.39 bits per heavy atom. The molecule has 0 saturated heterocycles. The van der Waals surface area contributed by atoms with Crippen LogP contribution in [0.25, 0.3) is 0 Å². The van der Waals surface area contributed by atoms with Crippen molar-refractivity contribution >= 4 is 28.9 Å². The van der Waals surface area contributed by atoms with E-state index in [1.54, 1.807) is 0 Å². The van der Waals surface area contributed by atoms with Gasteiger partial charge in [-0.2, -0.15) is 0 Å². The molecule has 0 saturated carbocycles. The van der Waals surface area contributed by atoms with E-state index in [1.807, 2.05) is 24.3 Å². The first kappa shape index (κ1) is 15.4. The Balaban J connectivity index is 2.27. The number of thiocarbonyl (C=S) groups is 1. The third-order valence-electron chi connectivity index (χ3n) is 2.83. The fraction of sp³-hybridized carbons (Fsp3) is 0.500. The van der Waals surface area contributed by atoms with Crippen molar-refractivity contribution in [3.63, 3.8) is 0 Å². The van der Waals surface area contributed by atoms with Crippen molar-refractivity contribution in [1.82, 2.24) is 4.90 Å². The third-order valence-corrected chi connectivity index (χ3v) is 3.34. The van der Waals surface area contributed by atoms with Gasteiger partial charge in [0.25, 0.3) is 0 Å². The van der Waals surface area contributed by atoms with Gasteiger partial charge in [-0.25, -0.2) is 0 Å². The average molecular weight is 286 g/mol. The zero-order valence-electron chi connectivity index (χ0n) is 11.0. The van der Waals surface area contributed by atoms with E-state index in [0.29, 0.717) is 18.1 Å². The minimum absolute atomic E-state index is 0.643. The molecule has 0 aromatic heterocycles. The number of hydrogen-bond acceptors (Lipinski definition) is 3. The Hall–Kier alpha value is -0.640. The molecule has 0 unspecified atom stereocenters. The van der Waals surface area contributed by atoms with Gasteiger partial charge in [0, 0.05) is 18.0 Å². The second-order valence-electron chi connectivity index (χ2n) is 4.05. The molecule has 4 heteroatoms. The van der Waals surface area contributed by atoms with Crippen LogP contribution in [0, 0.1) is 0 Å². The topological polar surface area (TPSA) is 12.5 Å². The summed E-state index contributed by atoms with van der Waals surface area (Å²) in [4.78, 5) is 2.31. The van der Waals surface area contributed by atoms with Crippen LogP contribution in [0.15, 0.2) is 24.3 Å². The lowest BCUT2D eigenvalue weighted by Crippen LogP contribution is -2.27. The fourth-order valence-electron chi connectivity index (χ4n) is 1.65. The van der Waals surface area contributed by atoms with Gasteiger partial charge in [0.2, 0.25) is 0 Å². The fourth-order valence-corrected chi connectivity index (χ4v) is 2.02. The van der Waals surface area contributed by atoms with Crippen LogP contribution in [0.3, 0.4) is 0 Å². The molecule has 0 heterocycles. The largest absolute Gasteiger partial charge is 0.485 e. The van der Waals surface area contributed by atoms with E-state index in [9.17, 15) is 0 Å². The maximum atomic E-state index is 5.83. The minimum atomic E-state index is 0.643. The molecule has 2 nitrogen and oxygen atoms in total. The molecule has 0 aliphatic carbocycles. The molecule has 0 aliphatic heterocycles. The number of ether oxygens (including phenoxy) is 1. The van der Waals surface area contributed by atoms with E-state index in [1.165, 1.54) is 0 Å². The number of nitrogens with zero attached hydrogens (tertiary/aromatic N) is 1. The van der Waals surface area contributed by atoms with Crippen molar-refractivity contribution in [3.8, 4) is 0 Å². The normalized spacial score (nSPS) is 10.7. The van der Waals surface area contributed by atoms with Gasteiger partial charge in [-0.1, -0.05) is 37.6 Å². The molecular weight excluding hydrogens is 266 g/mol. The molecule has 0 fully saturated rings. The molecular formula is C14H20ClNOS. The van der Waals surface area contributed by atoms with Crippen LogP contribution >= 0.6 is 23.8 Å². The first-order chi connectivity index (χ1) is 8.65. The van der Waals surface area contributed by atoms with Gasteiger partial charge in [-0.15, -0.1) is 0 Å². The van der Waals surface area contributed by atoms with Crippen LogP contribution in [0.2, 0.25) is 5.02 Å². The predicted octanol–water partition coefficient (Wildman–Crippen LogP) is 3.57. The molecule has 0 amide bonds. The Morgan fingerprint density at radius 1 is 1.22 bits per heavy atom. The molecule has 0 N–H and O–H groups in total. The molecule has 18 heavy (non-hydrogen) atoms. The van der Waals surface area contributed by atoms with E-state index >= 15 is 0 Å². The summed E-state index contributed by atoms with van der Waals surface area (Å²) < 4.78 is 5.57. The van der Waals surface area contributed by atoms with Crippen molar-refractivity contribution in [2.24, 2.45) is 0 Å². The number of halogens is 1. The van der Waals surface area contributed by atoms with Crippen LogP contribution in [0.5, 0.6) is 0 Å². The Labute approximate surface area is 120 Å². The lowest BCUT2D eigenvalue weighted by molar-refractivity contribution is 0.216. The molecule has 0 radical (unpaired) electrons. The van der Waals surface area contributed by atoms with Crippen LogP contribution in [0.1, 0.15) is 19.4 Å². The van der Waals surface area contributed by atoms with Crippen molar-refractivity contribution in [3.05, 3.63) is 34.9 Å². The molecule has 0 atom stereocenters. The first-order valence-electron chi connectivity index (χ1n) is 6.28. The number of hydrogen-bond donors (Lipinski definition) is 0. The predicted molar refractivity (Wildman–Crippen MR) is 81.5 cm³/mol. The highest BCUT2D eigenvalue weighted by Gasteiger charge is 2.03. The van der Waals surface area contributed by atoms with Crippen molar-refractivity contribution < 1.29 is 4.74 Å². The first-order valence-corrected chi connectivity index (χ1v) is 7.06. The second kappa shape index (κ2) is 8.46. The van der Waals surface area contributed by atoms with Gasteiger partial charge in [0.1, 0.15) is 6.61 Å². The Morgan fingerprint density at radius 2 is 1.83 bits per heavy atom. The number of rotatable bonds is 7. The molecule has 0 spiro atoms. The Kier molecular flexibility index (Phi) is 7.25. The van der Waals surface area contributed by atoms with Gasteiger partial charge >= 0.3 is 0 Å². The molecule has 100 valence electrons. The monoisotopic (exact) mass is 285 g/mol. The summed E-state index contributed by atoms with van der Waals surface area (Å²) >= 11 is 11.0. The van der Waals surface area contributed by atoms with Crippen molar-refractivity contribution in [2.45, 2.75) is 20.3 Å². The number of likely N-dealkylation sites (N-methyl/N-ethyl adjacent to an activating group) is 1. The highest BCUT2D eigenvalue weighted by molar-refractivity contribution is 7.80. The van der Waals surface area contributed by atoms with E-state index in [0.717, 1.165) is 30.2 Å². The zero-order chi connectivity index (χ0) is 13.4. The molecule has 0 bridgehead atoms. The van der Waals surface area contributed by atoms with E-state index in [-0.39, 0.29) is 0 Å². The summed E-state index contributed by atoms with van der Waals surface area (Å²) in [5.74, 6) is 0. The van der Waals surface area contributed by atoms with Crippen molar-refractivity contribution in [1.29, 1.82) is 0 Å². The molecule has 1 rings (SSSR count). The third kappa shape index (κ3) is 5.80. The van der Waals surface area contributed by atoms with Gasteiger partial charge in [-0.3, -0.25) is 0 Å². The van der Waals surface area contributed by atoms with Crippen LogP contribution in [-0.4, -0.2) is 36.2 Å². The van der Waals surface area contributed by atoms with E-state index < -0.39 is 0 Å². The summed E-state index contributed by atoms with van der Waals surface area (Å²) in [6, 6.07) is 7.69. The summed E-state index contributed by atoms with van der Waals surface area (Å²) in [7, 11) is 0.